The second kappa shape index (κ2) is 10.7. The zero-order valence-corrected chi connectivity index (χ0v) is 18.1. The van der Waals surface area contributed by atoms with E-state index in [0.717, 1.165) is 38.3 Å². The Balaban J connectivity index is 0.00000150. The number of piperazine rings is 1. The monoisotopic (exact) mass is 456 g/mol. The minimum absolute atomic E-state index is 0. The maximum absolute atomic E-state index is 11.6. The van der Waals surface area contributed by atoms with E-state index in [9.17, 15) is 4.79 Å². The average molecular weight is 458 g/mol. The zero-order chi connectivity index (χ0) is 18.6. The van der Waals surface area contributed by atoms with Crippen LogP contribution >= 0.6 is 36.4 Å². The Bertz CT molecular complexity index is 934. The van der Waals surface area contributed by atoms with Crippen molar-refractivity contribution in [2.45, 2.75) is 6.42 Å². The van der Waals surface area contributed by atoms with E-state index in [2.05, 4.69) is 34.1 Å². The molecule has 1 aliphatic rings. The third-order valence-corrected chi connectivity index (χ3v) is 5.15. The molecule has 0 radical (unpaired) electrons. The van der Waals surface area contributed by atoms with Crippen LogP contribution in [0.15, 0.2) is 68.2 Å². The molecule has 156 valence electrons. The first kappa shape index (κ1) is 23.4. The molecule has 4 rings (SSSR count). The normalized spacial score (nSPS) is 14.2. The number of anilines is 1. The Morgan fingerprint density at radius 3 is 2.17 bits per heavy atom. The summed E-state index contributed by atoms with van der Waals surface area (Å²) in [7, 11) is 0. The molecule has 0 amide bonds. The molecular weight excluding hydrogens is 435 g/mol. The van der Waals surface area contributed by atoms with Gasteiger partial charge in [-0.1, -0.05) is 29.8 Å². The van der Waals surface area contributed by atoms with Crippen LogP contribution in [0.3, 0.4) is 0 Å². The lowest BCUT2D eigenvalue weighted by molar-refractivity contribution is 0.254. The lowest BCUT2D eigenvalue weighted by Gasteiger charge is -2.36. The predicted octanol–water partition coefficient (Wildman–Crippen LogP) is 4.76. The Kier molecular flexibility index (Phi) is 8.65. The highest BCUT2D eigenvalue weighted by Gasteiger charge is 2.20. The van der Waals surface area contributed by atoms with Crippen LogP contribution in [0.25, 0.3) is 11.3 Å². The van der Waals surface area contributed by atoms with Crippen molar-refractivity contribution >= 4 is 42.1 Å². The first-order chi connectivity index (χ1) is 13.2. The fourth-order valence-corrected chi connectivity index (χ4v) is 3.55. The van der Waals surface area contributed by atoms with Crippen molar-refractivity contribution in [2.24, 2.45) is 0 Å². The zero-order valence-electron chi connectivity index (χ0n) is 15.8. The van der Waals surface area contributed by atoms with Gasteiger partial charge in [0.15, 0.2) is 11.5 Å². The van der Waals surface area contributed by atoms with E-state index in [1.165, 1.54) is 5.69 Å². The number of nitrogens with zero attached hydrogens (tertiary/aromatic N) is 2. The molecule has 1 fully saturated rings. The molecular formula is C21H23Cl3N2O3. The second-order valence-corrected chi connectivity index (χ2v) is 7.06. The largest absolute Gasteiger partial charge is 0.519 e. The Morgan fingerprint density at radius 1 is 0.862 bits per heavy atom. The van der Waals surface area contributed by atoms with Crippen LogP contribution in [0.4, 0.5) is 5.69 Å². The van der Waals surface area contributed by atoms with Crippen molar-refractivity contribution in [1.29, 1.82) is 0 Å². The molecule has 0 N–H and O–H groups in total. The van der Waals surface area contributed by atoms with Crippen LogP contribution in [0.1, 0.15) is 5.76 Å². The first-order valence-electron chi connectivity index (χ1n) is 9.10. The smallest absolute Gasteiger partial charge is 0.395 e. The Morgan fingerprint density at radius 2 is 1.52 bits per heavy atom. The number of rotatable bonds is 5. The van der Waals surface area contributed by atoms with E-state index >= 15 is 0 Å². The molecule has 0 atom stereocenters. The van der Waals surface area contributed by atoms with Gasteiger partial charge in [0, 0.05) is 55.4 Å². The van der Waals surface area contributed by atoms with E-state index in [1.54, 1.807) is 12.1 Å². The predicted molar refractivity (Wildman–Crippen MR) is 121 cm³/mol. The van der Waals surface area contributed by atoms with Crippen molar-refractivity contribution in [3.8, 4) is 11.3 Å². The summed E-state index contributed by atoms with van der Waals surface area (Å²) in [5.41, 5.74) is 2.07. The van der Waals surface area contributed by atoms with Gasteiger partial charge in [0.2, 0.25) is 0 Å². The van der Waals surface area contributed by atoms with Gasteiger partial charge in [-0.2, -0.15) is 0 Å². The quantitative estimate of drug-likeness (QED) is 0.553. The lowest BCUT2D eigenvalue weighted by atomic mass is 10.1. The third kappa shape index (κ3) is 5.80. The van der Waals surface area contributed by atoms with Gasteiger partial charge in [0.05, 0.1) is 0 Å². The van der Waals surface area contributed by atoms with E-state index in [-0.39, 0.29) is 24.8 Å². The maximum atomic E-state index is 11.6. The molecule has 1 aliphatic heterocycles. The molecule has 8 heteroatoms. The summed E-state index contributed by atoms with van der Waals surface area (Å²) < 4.78 is 10.6. The van der Waals surface area contributed by atoms with Crippen LogP contribution in [0.2, 0.25) is 5.02 Å². The van der Waals surface area contributed by atoms with Gasteiger partial charge >= 0.3 is 5.82 Å². The number of benzene rings is 2. The highest BCUT2D eigenvalue weighted by molar-refractivity contribution is 6.30. The maximum Gasteiger partial charge on any atom is 0.519 e. The molecule has 1 aromatic heterocycles. The van der Waals surface area contributed by atoms with Crippen molar-refractivity contribution < 1.29 is 8.83 Å². The molecule has 0 spiro atoms. The van der Waals surface area contributed by atoms with Crippen LogP contribution in [-0.2, 0) is 6.42 Å². The van der Waals surface area contributed by atoms with Crippen molar-refractivity contribution in [3.05, 3.63) is 76.0 Å². The van der Waals surface area contributed by atoms with Gasteiger partial charge < -0.3 is 13.7 Å². The molecule has 0 bridgehead atoms. The van der Waals surface area contributed by atoms with Crippen molar-refractivity contribution in [2.75, 3.05) is 37.6 Å². The SMILES string of the molecule is Cl.Cl.O=c1oc(CCN2CCN(c3ccccc3)CC2)c(-c2ccc(Cl)cc2)o1. The van der Waals surface area contributed by atoms with E-state index in [4.69, 9.17) is 20.4 Å². The summed E-state index contributed by atoms with van der Waals surface area (Å²) in [6.45, 7) is 4.76. The van der Waals surface area contributed by atoms with Crippen LogP contribution < -0.4 is 10.7 Å². The van der Waals surface area contributed by atoms with Crippen molar-refractivity contribution in [1.82, 2.24) is 4.90 Å². The van der Waals surface area contributed by atoms with Gasteiger partial charge in [-0.25, -0.2) is 4.79 Å². The standard InChI is InChI=1S/C21H21ClN2O3.2ClH/c22-17-8-6-16(7-9-17)20-19(26-21(25)27-20)10-11-23-12-14-24(15-13-23)18-4-2-1-3-5-18;;/h1-9H,10-15H2;2*1H. The van der Waals surface area contributed by atoms with E-state index in [1.807, 2.05) is 18.2 Å². The average Bonchev–Trinajstić information content (AvgIpc) is 3.08. The molecule has 0 unspecified atom stereocenters. The molecule has 0 saturated carbocycles. The summed E-state index contributed by atoms with van der Waals surface area (Å²) in [5, 5.41) is 0.641. The highest BCUT2D eigenvalue weighted by Crippen LogP contribution is 2.25. The van der Waals surface area contributed by atoms with Crippen LogP contribution in [-0.4, -0.2) is 37.6 Å². The minimum atomic E-state index is -0.663. The summed E-state index contributed by atoms with van der Waals surface area (Å²) in [5.74, 6) is 0.427. The fraction of sp³-hybridized carbons (Fsp3) is 0.286. The number of para-hydroxylation sites is 1. The Hall–Kier alpha value is -1.92. The van der Waals surface area contributed by atoms with E-state index < -0.39 is 5.82 Å². The first-order valence-corrected chi connectivity index (χ1v) is 9.48. The number of hydrogen-bond donors (Lipinski definition) is 0. The molecule has 0 aliphatic carbocycles. The van der Waals surface area contributed by atoms with Gasteiger partial charge in [-0.15, -0.1) is 24.8 Å². The number of hydrogen-bond acceptors (Lipinski definition) is 5. The molecule has 5 nitrogen and oxygen atoms in total. The topological polar surface area (TPSA) is 49.8 Å². The molecule has 29 heavy (non-hydrogen) atoms. The van der Waals surface area contributed by atoms with Gasteiger partial charge in [-0.3, -0.25) is 4.90 Å². The summed E-state index contributed by atoms with van der Waals surface area (Å²) in [6, 6.07) is 17.7. The van der Waals surface area contributed by atoms with Crippen LogP contribution in [0, 0.1) is 0 Å². The Labute approximate surface area is 187 Å². The van der Waals surface area contributed by atoms with Gasteiger partial charge in [0.25, 0.3) is 0 Å². The van der Waals surface area contributed by atoms with Crippen LogP contribution in [0.5, 0.6) is 0 Å². The molecule has 2 aromatic carbocycles. The summed E-state index contributed by atoms with van der Waals surface area (Å²) in [4.78, 5) is 16.4. The third-order valence-electron chi connectivity index (χ3n) is 4.90. The highest BCUT2D eigenvalue weighted by atomic mass is 35.5. The molecule has 2 heterocycles. The minimum Gasteiger partial charge on any atom is -0.395 e. The molecule has 1 saturated heterocycles. The second-order valence-electron chi connectivity index (χ2n) is 6.63. The molecule has 3 aromatic rings. The fourth-order valence-electron chi connectivity index (χ4n) is 3.42. The summed E-state index contributed by atoms with van der Waals surface area (Å²) >= 11 is 5.94. The van der Waals surface area contributed by atoms with Gasteiger partial charge in [0.1, 0.15) is 0 Å². The number of halogens is 3. The van der Waals surface area contributed by atoms with Crippen molar-refractivity contribution in [3.63, 3.8) is 0 Å². The van der Waals surface area contributed by atoms with E-state index in [0.29, 0.717) is 23.0 Å². The summed E-state index contributed by atoms with van der Waals surface area (Å²) in [6.07, 6.45) is 0.634. The lowest BCUT2D eigenvalue weighted by Crippen LogP contribution is -2.47. The van der Waals surface area contributed by atoms with Gasteiger partial charge in [-0.05, 0) is 36.4 Å².